The minimum Gasteiger partial charge on any atom is -0.380 e. The molecule has 1 aliphatic rings. The maximum Gasteiger partial charge on any atom is 0.0554 e. The smallest absolute Gasteiger partial charge is 0.0554 e. The van der Waals surface area contributed by atoms with Crippen molar-refractivity contribution in [3.05, 3.63) is 24.0 Å². The summed E-state index contributed by atoms with van der Waals surface area (Å²) in [6, 6.07) is 2.09. The highest BCUT2D eigenvalue weighted by Gasteiger charge is 2.32. The number of hydrogen-bond donors (Lipinski definition) is 2. The summed E-state index contributed by atoms with van der Waals surface area (Å²) in [6.45, 7) is 6.03. The molecule has 0 amide bonds. The van der Waals surface area contributed by atoms with Crippen LogP contribution in [-0.4, -0.2) is 24.7 Å². The van der Waals surface area contributed by atoms with Crippen LogP contribution in [0.25, 0.3) is 0 Å². The Bertz CT molecular complexity index is 252. The zero-order valence-corrected chi connectivity index (χ0v) is 7.97. The van der Waals surface area contributed by atoms with Crippen molar-refractivity contribution in [2.24, 2.45) is 5.41 Å². The van der Waals surface area contributed by atoms with E-state index in [-0.39, 0.29) is 0 Å². The highest BCUT2D eigenvalue weighted by molar-refractivity contribution is 5.07. The van der Waals surface area contributed by atoms with Gasteiger partial charge in [0.15, 0.2) is 0 Å². The first-order valence-corrected chi connectivity index (χ1v) is 4.69. The summed E-state index contributed by atoms with van der Waals surface area (Å²) in [5.74, 6) is 0. The third kappa shape index (κ3) is 2.11. The van der Waals surface area contributed by atoms with Crippen LogP contribution >= 0.6 is 0 Å². The van der Waals surface area contributed by atoms with Gasteiger partial charge in [0.25, 0.3) is 0 Å². The lowest BCUT2D eigenvalue weighted by Gasteiger charge is -2.38. The second kappa shape index (κ2) is 3.52. The zero-order chi connectivity index (χ0) is 9.15. The fourth-order valence-corrected chi connectivity index (χ4v) is 1.53. The Kier molecular flexibility index (Phi) is 2.38. The molecule has 3 nitrogen and oxygen atoms in total. The van der Waals surface area contributed by atoms with E-state index >= 15 is 0 Å². The molecule has 0 atom stereocenters. The summed E-state index contributed by atoms with van der Waals surface area (Å²) in [7, 11) is 0. The lowest BCUT2D eigenvalue weighted by atomic mass is 9.89. The van der Waals surface area contributed by atoms with Crippen LogP contribution in [0.3, 0.4) is 0 Å². The van der Waals surface area contributed by atoms with Gasteiger partial charge in [0.1, 0.15) is 0 Å². The van der Waals surface area contributed by atoms with Crippen LogP contribution in [0.1, 0.15) is 12.5 Å². The first-order chi connectivity index (χ1) is 6.29. The fourth-order valence-electron chi connectivity index (χ4n) is 1.53. The predicted molar refractivity (Wildman–Crippen MR) is 51.4 cm³/mol. The van der Waals surface area contributed by atoms with Gasteiger partial charge in [-0.25, -0.2) is 0 Å². The molecule has 2 heterocycles. The normalized spacial score (nSPS) is 19.8. The zero-order valence-electron chi connectivity index (χ0n) is 7.97. The van der Waals surface area contributed by atoms with Crippen molar-refractivity contribution in [3.63, 3.8) is 0 Å². The first kappa shape index (κ1) is 8.78. The van der Waals surface area contributed by atoms with Crippen LogP contribution in [-0.2, 0) is 11.3 Å². The summed E-state index contributed by atoms with van der Waals surface area (Å²) >= 11 is 0. The molecule has 0 aromatic carbocycles. The van der Waals surface area contributed by atoms with Gasteiger partial charge in [0, 0.05) is 30.9 Å². The molecule has 0 radical (unpaired) electrons. The Hall–Kier alpha value is -0.800. The second-order valence-electron chi connectivity index (χ2n) is 4.13. The van der Waals surface area contributed by atoms with Gasteiger partial charge in [-0.05, 0) is 11.6 Å². The second-order valence-corrected chi connectivity index (χ2v) is 4.13. The van der Waals surface area contributed by atoms with Crippen LogP contribution in [0, 0.1) is 5.41 Å². The average molecular weight is 180 g/mol. The summed E-state index contributed by atoms with van der Waals surface area (Å²) in [6.07, 6.45) is 3.97. The van der Waals surface area contributed by atoms with Crippen molar-refractivity contribution < 1.29 is 4.74 Å². The number of rotatable bonds is 4. The van der Waals surface area contributed by atoms with E-state index in [1.54, 1.807) is 0 Å². The van der Waals surface area contributed by atoms with Gasteiger partial charge in [-0.15, -0.1) is 0 Å². The summed E-state index contributed by atoms with van der Waals surface area (Å²) in [5.41, 5.74) is 1.68. The molecule has 0 aliphatic carbocycles. The van der Waals surface area contributed by atoms with Crippen LogP contribution in [0.4, 0.5) is 0 Å². The summed E-state index contributed by atoms with van der Waals surface area (Å²) in [4.78, 5) is 3.04. The van der Waals surface area contributed by atoms with Gasteiger partial charge >= 0.3 is 0 Å². The van der Waals surface area contributed by atoms with Gasteiger partial charge in [0.2, 0.25) is 0 Å². The van der Waals surface area contributed by atoms with Crippen LogP contribution in [0.5, 0.6) is 0 Å². The lowest BCUT2D eigenvalue weighted by Crippen LogP contribution is -2.47. The standard InChI is InChI=1S/C10H16N2O/c1-10(7-13-8-10)6-12-5-9-2-3-11-4-9/h2-4,11-12H,5-8H2,1H3. The molecule has 1 fully saturated rings. The van der Waals surface area contributed by atoms with E-state index in [0.717, 1.165) is 26.3 Å². The van der Waals surface area contributed by atoms with E-state index < -0.39 is 0 Å². The van der Waals surface area contributed by atoms with Crippen LogP contribution in [0.2, 0.25) is 0 Å². The third-order valence-corrected chi connectivity index (χ3v) is 2.44. The summed E-state index contributed by atoms with van der Waals surface area (Å²) in [5, 5.41) is 3.43. The van der Waals surface area contributed by atoms with Gasteiger partial charge < -0.3 is 15.0 Å². The largest absolute Gasteiger partial charge is 0.380 e. The quantitative estimate of drug-likeness (QED) is 0.729. The monoisotopic (exact) mass is 180 g/mol. The van der Waals surface area contributed by atoms with Crippen molar-refractivity contribution >= 4 is 0 Å². The molecule has 0 spiro atoms. The van der Waals surface area contributed by atoms with Gasteiger partial charge in [-0.3, -0.25) is 0 Å². The molecule has 1 saturated heterocycles. The Balaban J connectivity index is 1.69. The van der Waals surface area contributed by atoms with E-state index in [9.17, 15) is 0 Å². The topological polar surface area (TPSA) is 37.0 Å². The Morgan fingerprint density at radius 2 is 2.46 bits per heavy atom. The predicted octanol–water partition coefficient (Wildman–Crippen LogP) is 1.14. The van der Waals surface area contributed by atoms with Crippen molar-refractivity contribution in [3.8, 4) is 0 Å². The average Bonchev–Trinajstić information content (AvgIpc) is 2.54. The maximum absolute atomic E-state index is 5.18. The molecule has 2 N–H and O–H groups in total. The van der Waals surface area contributed by atoms with E-state index in [1.165, 1.54) is 5.56 Å². The molecule has 0 saturated carbocycles. The lowest BCUT2D eigenvalue weighted by molar-refractivity contribution is -0.0991. The molecular formula is C10H16N2O. The van der Waals surface area contributed by atoms with Crippen molar-refractivity contribution in [2.45, 2.75) is 13.5 Å². The molecule has 3 heteroatoms. The number of hydrogen-bond acceptors (Lipinski definition) is 2. The molecule has 1 aromatic heterocycles. The number of H-pyrrole nitrogens is 1. The molecule has 1 aliphatic heterocycles. The highest BCUT2D eigenvalue weighted by Crippen LogP contribution is 2.25. The van der Waals surface area contributed by atoms with Crippen molar-refractivity contribution in [2.75, 3.05) is 19.8 Å². The number of ether oxygens (including phenoxy) is 1. The molecule has 13 heavy (non-hydrogen) atoms. The molecule has 1 aromatic rings. The number of aromatic amines is 1. The van der Waals surface area contributed by atoms with E-state index in [0.29, 0.717) is 5.41 Å². The van der Waals surface area contributed by atoms with Crippen molar-refractivity contribution in [1.82, 2.24) is 10.3 Å². The van der Waals surface area contributed by atoms with E-state index in [4.69, 9.17) is 4.74 Å². The minimum atomic E-state index is 0.371. The Morgan fingerprint density at radius 1 is 1.62 bits per heavy atom. The Morgan fingerprint density at radius 3 is 3.00 bits per heavy atom. The minimum absolute atomic E-state index is 0.371. The molecule has 0 unspecified atom stereocenters. The maximum atomic E-state index is 5.18. The highest BCUT2D eigenvalue weighted by atomic mass is 16.5. The SMILES string of the molecule is CC1(CNCc2cc[nH]c2)COC1. The Labute approximate surface area is 78.5 Å². The number of aromatic nitrogens is 1. The van der Waals surface area contributed by atoms with Gasteiger partial charge in [-0.2, -0.15) is 0 Å². The van der Waals surface area contributed by atoms with Gasteiger partial charge in [-0.1, -0.05) is 6.92 Å². The molecular weight excluding hydrogens is 164 g/mol. The van der Waals surface area contributed by atoms with Crippen LogP contribution < -0.4 is 5.32 Å². The molecule has 0 bridgehead atoms. The van der Waals surface area contributed by atoms with Crippen molar-refractivity contribution in [1.29, 1.82) is 0 Å². The van der Waals surface area contributed by atoms with Gasteiger partial charge in [0.05, 0.1) is 13.2 Å². The third-order valence-electron chi connectivity index (χ3n) is 2.44. The van der Waals surface area contributed by atoms with E-state index in [2.05, 4.69) is 23.3 Å². The molecule has 72 valence electrons. The first-order valence-electron chi connectivity index (χ1n) is 4.69. The summed E-state index contributed by atoms with van der Waals surface area (Å²) < 4.78 is 5.18. The molecule has 2 rings (SSSR count). The fraction of sp³-hybridized carbons (Fsp3) is 0.600. The van der Waals surface area contributed by atoms with Crippen LogP contribution in [0.15, 0.2) is 18.5 Å². The number of nitrogens with one attached hydrogen (secondary N) is 2. The van der Waals surface area contributed by atoms with E-state index in [1.807, 2.05) is 12.4 Å².